The first-order valence-corrected chi connectivity index (χ1v) is 7.08. The van der Waals surface area contributed by atoms with Crippen molar-refractivity contribution in [2.45, 2.75) is 0 Å². The SMILES string of the molecule is Clc1cnc2oc(-c3cccc4c(Cl)cccc34)nc2c1. The molecule has 2 heterocycles. The second-order valence-corrected chi connectivity index (χ2v) is 5.48. The summed E-state index contributed by atoms with van der Waals surface area (Å²) in [5.41, 5.74) is 1.98. The van der Waals surface area contributed by atoms with Crippen LogP contribution in [0, 0.1) is 0 Å². The molecule has 4 aromatic rings. The summed E-state index contributed by atoms with van der Waals surface area (Å²) in [4.78, 5) is 8.60. The second kappa shape index (κ2) is 4.72. The Morgan fingerprint density at radius 1 is 0.952 bits per heavy atom. The van der Waals surface area contributed by atoms with E-state index < -0.39 is 0 Å². The van der Waals surface area contributed by atoms with Gasteiger partial charge in [-0.3, -0.25) is 0 Å². The quantitative estimate of drug-likeness (QED) is 0.475. The van der Waals surface area contributed by atoms with E-state index in [1.54, 1.807) is 12.3 Å². The van der Waals surface area contributed by atoms with Gasteiger partial charge in [-0.25, -0.2) is 9.97 Å². The zero-order valence-electron chi connectivity index (χ0n) is 10.7. The largest absolute Gasteiger partial charge is 0.418 e. The van der Waals surface area contributed by atoms with Gasteiger partial charge in [0.2, 0.25) is 11.6 Å². The summed E-state index contributed by atoms with van der Waals surface area (Å²) in [5, 5.41) is 3.18. The molecule has 0 bridgehead atoms. The van der Waals surface area contributed by atoms with E-state index >= 15 is 0 Å². The van der Waals surface area contributed by atoms with Gasteiger partial charge in [0.05, 0.1) is 5.02 Å². The van der Waals surface area contributed by atoms with Gasteiger partial charge in [-0.15, -0.1) is 0 Å². The first-order chi connectivity index (χ1) is 10.2. The molecular formula is C16H8Cl2N2O. The molecule has 2 aromatic heterocycles. The molecule has 0 saturated carbocycles. The van der Waals surface area contributed by atoms with Crippen LogP contribution in [-0.4, -0.2) is 9.97 Å². The van der Waals surface area contributed by atoms with E-state index in [0.29, 0.717) is 27.2 Å². The molecule has 5 heteroatoms. The van der Waals surface area contributed by atoms with Crippen molar-refractivity contribution in [3.8, 4) is 11.5 Å². The van der Waals surface area contributed by atoms with Crippen LogP contribution in [0.15, 0.2) is 53.1 Å². The fourth-order valence-corrected chi connectivity index (χ4v) is 2.76. The van der Waals surface area contributed by atoms with Gasteiger partial charge in [0, 0.05) is 22.2 Å². The fraction of sp³-hybridized carbons (Fsp3) is 0. The van der Waals surface area contributed by atoms with Crippen LogP contribution in [0.3, 0.4) is 0 Å². The average molecular weight is 315 g/mol. The predicted molar refractivity (Wildman–Crippen MR) is 84.8 cm³/mol. The van der Waals surface area contributed by atoms with Gasteiger partial charge < -0.3 is 4.42 Å². The molecule has 0 aliphatic carbocycles. The first kappa shape index (κ1) is 12.6. The number of hydrogen-bond donors (Lipinski definition) is 0. The third kappa shape index (κ3) is 2.06. The maximum Gasteiger partial charge on any atom is 0.247 e. The zero-order chi connectivity index (χ0) is 14.4. The smallest absolute Gasteiger partial charge is 0.247 e. The summed E-state index contributed by atoms with van der Waals surface area (Å²) in [5.74, 6) is 0.507. The minimum absolute atomic E-state index is 0.466. The van der Waals surface area contributed by atoms with Crippen LogP contribution >= 0.6 is 23.2 Å². The Balaban J connectivity index is 2.02. The Hall–Kier alpha value is -2.10. The standard InChI is InChI=1S/C16H8Cl2N2O/c17-9-7-14-16(19-8-9)21-15(20-14)12-5-1-4-11-10(12)3-2-6-13(11)18/h1-8H. The number of aromatic nitrogens is 2. The Labute approximate surface area is 130 Å². The number of nitrogens with zero attached hydrogens (tertiary/aromatic N) is 2. The van der Waals surface area contributed by atoms with Crippen LogP contribution in [0.2, 0.25) is 10.0 Å². The third-order valence-corrected chi connectivity index (χ3v) is 3.85. The van der Waals surface area contributed by atoms with Crippen LogP contribution in [-0.2, 0) is 0 Å². The number of fused-ring (bicyclic) bond motifs is 2. The van der Waals surface area contributed by atoms with Crippen LogP contribution in [0.1, 0.15) is 0 Å². The molecule has 0 aliphatic rings. The van der Waals surface area contributed by atoms with E-state index in [1.807, 2.05) is 36.4 Å². The summed E-state index contributed by atoms with van der Waals surface area (Å²) < 4.78 is 5.73. The highest BCUT2D eigenvalue weighted by molar-refractivity contribution is 6.35. The Bertz CT molecular complexity index is 979. The summed E-state index contributed by atoms with van der Waals surface area (Å²) in [6.07, 6.45) is 1.54. The lowest BCUT2D eigenvalue weighted by Gasteiger charge is -2.04. The minimum Gasteiger partial charge on any atom is -0.418 e. The highest BCUT2D eigenvalue weighted by atomic mass is 35.5. The topological polar surface area (TPSA) is 38.9 Å². The lowest BCUT2D eigenvalue weighted by Crippen LogP contribution is -1.81. The van der Waals surface area contributed by atoms with Crippen molar-refractivity contribution in [2.75, 3.05) is 0 Å². The molecule has 3 nitrogen and oxygen atoms in total. The lowest BCUT2D eigenvalue weighted by molar-refractivity contribution is 0.608. The maximum absolute atomic E-state index is 6.24. The summed E-state index contributed by atoms with van der Waals surface area (Å²) in [6.45, 7) is 0. The van der Waals surface area contributed by atoms with Gasteiger partial charge in [-0.1, -0.05) is 47.5 Å². The number of oxazole rings is 1. The van der Waals surface area contributed by atoms with Crippen molar-refractivity contribution in [3.05, 3.63) is 58.7 Å². The molecule has 0 N–H and O–H groups in total. The molecular weight excluding hydrogens is 307 g/mol. The molecule has 0 unspecified atom stereocenters. The lowest BCUT2D eigenvalue weighted by atomic mass is 10.0. The van der Waals surface area contributed by atoms with E-state index in [1.165, 1.54) is 0 Å². The van der Waals surface area contributed by atoms with E-state index in [4.69, 9.17) is 27.6 Å². The van der Waals surface area contributed by atoms with Crippen molar-refractivity contribution >= 4 is 45.2 Å². The molecule has 2 aromatic carbocycles. The van der Waals surface area contributed by atoms with Crippen molar-refractivity contribution in [1.82, 2.24) is 9.97 Å². The van der Waals surface area contributed by atoms with E-state index in [-0.39, 0.29) is 0 Å². The molecule has 21 heavy (non-hydrogen) atoms. The fourth-order valence-electron chi connectivity index (χ4n) is 2.37. The highest BCUT2D eigenvalue weighted by Gasteiger charge is 2.13. The summed E-state index contributed by atoms with van der Waals surface area (Å²) >= 11 is 12.2. The Morgan fingerprint density at radius 3 is 2.67 bits per heavy atom. The monoisotopic (exact) mass is 314 g/mol. The van der Waals surface area contributed by atoms with Gasteiger partial charge in [-0.2, -0.15) is 0 Å². The van der Waals surface area contributed by atoms with Crippen molar-refractivity contribution in [1.29, 1.82) is 0 Å². The normalized spacial score (nSPS) is 11.3. The van der Waals surface area contributed by atoms with Crippen molar-refractivity contribution in [2.24, 2.45) is 0 Å². The molecule has 0 spiro atoms. The van der Waals surface area contributed by atoms with Gasteiger partial charge in [0.1, 0.15) is 5.52 Å². The number of halogens is 2. The first-order valence-electron chi connectivity index (χ1n) is 6.32. The molecule has 0 aliphatic heterocycles. The average Bonchev–Trinajstić information content (AvgIpc) is 2.90. The number of rotatable bonds is 1. The molecule has 0 saturated heterocycles. The van der Waals surface area contributed by atoms with Crippen LogP contribution < -0.4 is 0 Å². The number of benzene rings is 2. The van der Waals surface area contributed by atoms with E-state index in [2.05, 4.69) is 9.97 Å². The molecule has 0 amide bonds. The second-order valence-electron chi connectivity index (χ2n) is 4.64. The number of hydrogen-bond acceptors (Lipinski definition) is 3. The van der Waals surface area contributed by atoms with Crippen LogP contribution in [0.5, 0.6) is 0 Å². The molecule has 4 rings (SSSR count). The molecule has 102 valence electrons. The molecule has 0 radical (unpaired) electrons. The van der Waals surface area contributed by atoms with Gasteiger partial charge >= 0.3 is 0 Å². The van der Waals surface area contributed by atoms with Crippen molar-refractivity contribution in [3.63, 3.8) is 0 Å². The van der Waals surface area contributed by atoms with Crippen LogP contribution in [0.4, 0.5) is 0 Å². The van der Waals surface area contributed by atoms with Crippen LogP contribution in [0.25, 0.3) is 33.5 Å². The summed E-state index contributed by atoms with van der Waals surface area (Å²) in [7, 11) is 0. The maximum atomic E-state index is 6.24. The Kier molecular flexibility index (Phi) is 2.84. The summed E-state index contributed by atoms with van der Waals surface area (Å²) in [6, 6.07) is 13.3. The number of pyridine rings is 1. The van der Waals surface area contributed by atoms with E-state index in [0.717, 1.165) is 16.3 Å². The van der Waals surface area contributed by atoms with Gasteiger partial charge in [-0.05, 0) is 23.6 Å². The van der Waals surface area contributed by atoms with E-state index in [9.17, 15) is 0 Å². The van der Waals surface area contributed by atoms with Crippen molar-refractivity contribution < 1.29 is 4.42 Å². The zero-order valence-corrected chi connectivity index (χ0v) is 12.2. The predicted octanol–water partition coefficient (Wildman–Crippen LogP) is 5.35. The highest BCUT2D eigenvalue weighted by Crippen LogP contribution is 2.33. The molecule has 0 fully saturated rings. The van der Waals surface area contributed by atoms with Gasteiger partial charge in [0.25, 0.3) is 0 Å². The third-order valence-electron chi connectivity index (χ3n) is 3.31. The minimum atomic E-state index is 0.466. The Morgan fingerprint density at radius 2 is 1.76 bits per heavy atom. The van der Waals surface area contributed by atoms with Gasteiger partial charge in [0.15, 0.2) is 0 Å². The molecule has 0 atom stereocenters.